The topological polar surface area (TPSA) is 105 Å². The number of nitrogens with one attached hydrogen (secondary N) is 1. The standard InChI is InChI=1S/C24H20N4O3/c25-19-21(23(30)22(19)29)28-10-8-15-7-6-14(11-17(15)13-28)12-27-24(31)18-5-1-3-16-4-2-9-26-20(16)18/h1-7,9,11H,8,10,12-13,25H2,(H,27,31). The van der Waals surface area contributed by atoms with Crippen LogP contribution in [0.5, 0.6) is 0 Å². The lowest BCUT2D eigenvalue weighted by Gasteiger charge is -2.32. The van der Waals surface area contributed by atoms with Crippen molar-refractivity contribution in [2.75, 3.05) is 17.2 Å². The van der Waals surface area contributed by atoms with Crippen LogP contribution in [0, 0.1) is 0 Å². The van der Waals surface area contributed by atoms with E-state index in [0.717, 1.165) is 22.9 Å². The Morgan fingerprint density at radius 2 is 1.90 bits per heavy atom. The summed E-state index contributed by atoms with van der Waals surface area (Å²) in [5.74, 6) is -0.180. The Hall–Kier alpha value is -4.00. The second-order valence-electron chi connectivity index (χ2n) is 7.76. The van der Waals surface area contributed by atoms with Gasteiger partial charge in [-0.05, 0) is 35.2 Å². The third kappa shape index (κ3) is 3.24. The van der Waals surface area contributed by atoms with Crippen molar-refractivity contribution < 1.29 is 4.79 Å². The largest absolute Gasteiger partial charge is 0.394 e. The van der Waals surface area contributed by atoms with Gasteiger partial charge in [-0.1, -0.05) is 36.4 Å². The predicted octanol–water partition coefficient (Wildman–Crippen LogP) is 1.91. The van der Waals surface area contributed by atoms with Crippen molar-refractivity contribution >= 4 is 28.2 Å². The number of nitrogen functional groups attached to an aromatic ring is 1. The van der Waals surface area contributed by atoms with Gasteiger partial charge in [-0.2, -0.15) is 0 Å². The van der Waals surface area contributed by atoms with Gasteiger partial charge >= 0.3 is 0 Å². The number of nitrogens with zero attached hydrogens (tertiary/aromatic N) is 2. The van der Waals surface area contributed by atoms with Gasteiger partial charge < -0.3 is 16.0 Å². The molecule has 0 bridgehead atoms. The highest BCUT2D eigenvalue weighted by Gasteiger charge is 2.26. The summed E-state index contributed by atoms with van der Waals surface area (Å²) in [6, 6.07) is 15.4. The zero-order chi connectivity index (χ0) is 21.5. The number of hydrogen-bond donors (Lipinski definition) is 2. The minimum Gasteiger partial charge on any atom is -0.394 e. The summed E-state index contributed by atoms with van der Waals surface area (Å²) in [5.41, 5.74) is 9.45. The number of nitrogens with two attached hydrogens (primary N) is 1. The van der Waals surface area contributed by atoms with Gasteiger partial charge in [-0.25, -0.2) is 0 Å². The maximum absolute atomic E-state index is 12.8. The first kappa shape index (κ1) is 19.0. The zero-order valence-electron chi connectivity index (χ0n) is 16.7. The van der Waals surface area contributed by atoms with Crippen LogP contribution in [-0.4, -0.2) is 17.4 Å². The van der Waals surface area contributed by atoms with Crippen LogP contribution in [0.25, 0.3) is 10.9 Å². The van der Waals surface area contributed by atoms with E-state index in [1.54, 1.807) is 12.3 Å². The zero-order valence-corrected chi connectivity index (χ0v) is 16.7. The van der Waals surface area contributed by atoms with E-state index in [-0.39, 0.29) is 11.6 Å². The Labute approximate surface area is 177 Å². The molecule has 0 unspecified atom stereocenters. The van der Waals surface area contributed by atoms with Crippen LogP contribution < -0.4 is 26.8 Å². The van der Waals surface area contributed by atoms with Crippen LogP contribution in [0.2, 0.25) is 0 Å². The number of rotatable bonds is 4. The Morgan fingerprint density at radius 3 is 2.74 bits per heavy atom. The molecule has 0 aliphatic carbocycles. The molecular weight excluding hydrogens is 392 g/mol. The van der Waals surface area contributed by atoms with E-state index in [2.05, 4.69) is 16.4 Å². The molecule has 7 heteroatoms. The number of amides is 1. The van der Waals surface area contributed by atoms with Gasteiger partial charge in [0.05, 0.1) is 11.1 Å². The summed E-state index contributed by atoms with van der Waals surface area (Å²) in [6.07, 6.45) is 2.44. The molecule has 1 amide bonds. The van der Waals surface area contributed by atoms with Crippen LogP contribution >= 0.6 is 0 Å². The Morgan fingerprint density at radius 1 is 1.06 bits per heavy atom. The quantitative estimate of drug-likeness (QED) is 0.496. The summed E-state index contributed by atoms with van der Waals surface area (Å²) in [7, 11) is 0. The lowest BCUT2D eigenvalue weighted by atomic mass is 9.96. The number of benzene rings is 2. The molecule has 0 fully saturated rings. The smallest absolute Gasteiger partial charge is 0.253 e. The highest BCUT2D eigenvalue weighted by Crippen LogP contribution is 2.26. The molecule has 0 radical (unpaired) electrons. The Bertz CT molecular complexity index is 1400. The minimum absolute atomic E-state index is 0.0561. The van der Waals surface area contributed by atoms with Gasteiger partial charge in [0.25, 0.3) is 16.8 Å². The fourth-order valence-electron chi connectivity index (χ4n) is 4.19. The average molecular weight is 412 g/mol. The number of fused-ring (bicyclic) bond motifs is 2. The molecule has 3 N–H and O–H groups in total. The number of para-hydroxylation sites is 1. The molecule has 1 aliphatic heterocycles. The number of aromatic nitrogens is 1. The molecule has 31 heavy (non-hydrogen) atoms. The van der Waals surface area contributed by atoms with Gasteiger partial charge in [-0.3, -0.25) is 19.4 Å². The van der Waals surface area contributed by atoms with E-state index in [1.165, 1.54) is 5.56 Å². The van der Waals surface area contributed by atoms with Gasteiger partial charge in [0.2, 0.25) is 0 Å². The van der Waals surface area contributed by atoms with Crippen LogP contribution in [0.4, 0.5) is 11.4 Å². The summed E-state index contributed by atoms with van der Waals surface area (Å²) >= 11 is 0. The summed E-state index contributed by atoms with van der Waals surface area (Å²) in [5, 5.41) is 3.89. The molecule has 7 nitrogen and oxygen atoms in total. The molecule has 0 saturated heterocycles. The number of carbonyl (C=O) groups is 1. The highest BCUT2D eigenvalue weighted by atomic mass is 16.2. The molecule has 3 aromatic carbocycles. The third-order valence-corrected chi connectivity index (χ3v) is 5.85. The van der Waals surface area contributed by atoms with Crippen molar-refractivity contribution in [3.63, 3.8) is 0 Å². The molecule has 4 aromatic rings. The highest BCUT2D eigenvalue weighted by molar-refractivity contribution is 6.05. The van der Waals surface area contributed by atoms with Crippen molar-refractivity contribution in [1.82, 2.24) is 10.3 Å². The molecule has 0 spiro atoms. The minimum atomic E-state index is -0.597. The van der Waals surface area contributed by atoms with Gasteiger partial charge in [0.15, 0.2) is 0 Å². The van der Waals surface area contributed by atoms with Crippen molar-refractivity contribution in [1.29, 1.82) is 0 Å². The molecule has 2 heterocycles. The first-order valence-corrected chi connectivity index (χ1v) is 10.1. The van der Waals surface area contributed by atoms with Crippen LogP contribution in [0.3, 0.4) is 0 Å². The lowest BCUT2D eigenvalue weighted by molar-refractivity contribution is 0.0952. The fourth-order valence-corrected chi connectivity index (χ4v) is 4.19. The number of anilines is 2. The van der Waals surface area contributed by atoms with E-state index < -0.39 is 10.9 Å². The number of pyridine rings is 1. The Balaban J connectivity index is 1.33. The van der Waals surface area contributed by atoms with Crippen molar-refractivity contribution in [3.05, 3.63) is 97.4 Å². The first-order valence-electron chi connectivity index (χ1n) is 10.1. The third-order valence-electron chi connectivity index (χ3n) is 5.85. The summed E-state index contributed by atoms with van der Waals surface area (Å²) in [6.45, 7) is 1.53. The van der Waals surface area contributed by atoms with E-state index in [0.29, 0.717) is 36.4 Å². The van der Waals surface area contributed by atoms with Gasteiger partial charge in [0.1, 0.15) is 11.4 Å². The van der Waals surface area contributed by atoms with Crippen molar-refractivity contribution in [2.45, 2.75) is 19.5 Å². The summed E-state index contributed by atoms with van der Waals surface area (Å²) < 4.78 is 0. The number of hydrogen-bond acceptors (Lipinski definition) is 6. The van der Waals surface area contributed by atoms with Crippen LogP contribution in [0.15, 0.2) is 64.3 Å². The molecule has 0 saturated carbocycles. The lowest BCUT2D eigenvalue weighted by Crippen LogP contribution is -2.44. The van der Waals surface area contributed by atoms with Crippen LogP contribution in [0.1, 0.15) is 27.0 Å². The SMILES string of the molecule is Nc1c(N2CCc3ccc(CNC(=O)c4cccc5cccnc45)cc3C2)c(=O)c1=O. The van der Waals surface area contributed by atoms with Crippen molar-refractivity contribution in [2.24, 2.45) is 0 Å². The fraction of sp³-hybridized carbons (Fsp3) is 0.167. The van der Waals surface area contributed by atoms with Gasteiger partial charge in [-0.15, -0.1) is 0 Å². The van der Waals surface area contributed by atoms with E-state index in [1.807, 2.05) is 41.3 Å². The van der Waals surface area contributed by atoms with Gasteiger partial charge in [0, 0.05) is 31.2 Å². The summed E-state index contributed by atoms with van der Waals surface area (Å²) in [4.78, 5) is 42.3. The van der Waals surface area contributed by atoms with E-state index >= 15 is 0 Å². The number of carbonyl (C=O) groups excluding carboxylic acids is 1. The average Bonchev–Trinajstić information content (AvgIpc) is 2.81. The monoisotopic (exact) mass is 412 g/mol. The normalized spacial score (nSPS) is 13.4. The second kappa shape index (κ2) is 7.36. The molecule has 0 atom stereocenters. The molecular formula is C24H20N4O3. The molecule has 1 aromatic heterocycles. The van der Waals surface area contributed by atoms with E-state index in [4.69, 9.17) is 5.73 Å². The maximum Gasteiger partial charge on any atom is 0.253 e. The molecule has 154 valence electrons. The Kier molecular flexibility index (Phi) is 4.51. The molecule has 1 aliphatic rings. The second-order valence-corrected chi connectivity index (χ2v) is 7.76. The molecule has 5 rings (SSSR count). The van der Waals surface area contributed by atoms with Crippen LogP contribution in [-0.2, 0) is 19.5 Å². The first-order chi connectivity index (χ1) is 15.0. The maximum atomic E-state index is 12.8. The van der Waals surface area contributed by atoms with Crippen molar-refractivity contribution in [3.8, 4) is 0 Å². The van der Waals surface area contributed by atoms with E-state index in [9.17, 15) is 14.4 Å². The predicted molar refractivity (Wildman–Crippen MR) is 120 cm³/mol.